The minimum atomic E-state index is -0.516. The fraction of sp³-hybridized carbons (Fsp3) is 0.182. The predicted octanol–water partition coefficient (Wildman–Crippen LogP) is 3.43. The summed E-state index contributed by atoms with van der Waals surface area (Å²) in [5.74, 6) is -0.991. The van der Waals surface area contributed by atoms with Gasteiger partial charge in [-0.2, -0.15) is 5.26 Å². The van der Waals surface area contributed by atoms with Crippen molar-refractivity contribution in [2.75, 3.05) is 13.2 Å². The molecule has 0 atom stereocenters. The van der Waals surface area contributed by atoms with Crippen LogP contribution in [0.3, 0.4) is 0 Å². The molecule has 0 saturated carbocycles. The Bertz CT molecular complexity index is 1120. The number of pyridine rings is 3. The van der Waals surface area contributed by atoms with Crippen molar-refractivity contribution in [2.45, 2.75) is 13.8 Å². The maximum absolute atomic E-state index is 12.4. The normalized spacial score (nSPS) is 10.2. The van der Waals surface area contributed by atoms with Crippen molar-refractivity contribution < 1.29 is 19.1 Å². The number of rotatable bonds is 6. The summed E-state index contributed by atoms with van der Waals surface area (Å²) in [7, 11) is 0. The quantitative estimate of drug-likeness (QED) is 0.576. The van der Waals surface area contributed by atoms with Gasteiger partial charge < -0.3 is 9.47 Å². The molecule has 0 spiro atoms. The van der Waals surface area contributed by atoms with Gasteiger partial charge in [-0.25, -0.2) is 14.6 Å². The van der Waals surface area contributed by atoms with Gasteiger partial charge in [0.15, 0.2) is 0 Å². The Morgan fingerprint density at radius 3 is 2.10 bits per heavy atom. The van der Waals surface area contributed by atoms with E-state index in [0.29, 0.717) is 33.9 Å². The Kier molecular flexibility index (Phi) is 6.45. The minimum absolute atomic E-state index is 0.220. The summed E-state index contributed by atoms with van der Waals surface area (Å²) in [5.41, 5.74) is 2.64. The molecule has 8 nitrogen and oxygen atoms in total. The van der Waals surface area contributed by atoms with E-state index in [2.05, 4.69) is 15.0 Å². The molecule has 0 aliphatic carbocycles. The monoisotopic (exact) mass is 402 g/mol. The van der Waals surface area contributed by atoms with Crippen LogP contribution in [-0.4, -0.2) is 40.1 Å². The third kappa shape index (κ3) is 4.64. The van der Waals surface area contributed by atoms with Crippen molar-refractivity contribution in [1.82, 2.24) is 15.0 Å². The number of nitrogens with zero attached hydrogens (tertiary/aromatic N) is 4. The van der Waals surface area contributed by atoms with Gasteiger partial charge in [-0.1, -0.05) is 0 Å². The highest BCUT2D eigenvalue weighted by Crippen LogP contribution is 2.24. The molecule has 3 rings (SSSR count). The van der Waals surface area contributed by atoms with Crippen LogP contribution in [0.2, 0.25) is 0 Å². The maximum atomic E-state index is 12.4. The zero-order valence-corrected chi connectivity index (χ0v) is 16.5. The van der Waals surface area contributed by atoms with Gasteiger partial charge in [-0.3, -0.25) is 9.97 Å². The number of carbonyl (C=O) groups is 2. The predicted molar refractivity (Wildman–Crippen MR) is 107 cm³/mol. The molecule has 0 fully saturated rings. The first-order chi connectivity index (χ1) is 14.5. The van der Waals surface area contributed by atoms with E-state index in [1.165, 1.54) is 12.4 Å². The van der Waals surface area contributed by atoms with Crippen LogP contribution in [-0.2, 0) is 9.47 Å². The largest absolute Gasteiger partial charge is 0.462 e. The summed E-state index contributed by atoms with van der Waals surface area (Å²) in [6.45, 7) is 3.91. The third-order valence-corrected chi connectivity index (χ3v) is 4.02. The molecule has 0 radical (unpaired) electrons. The lowest BCUT2D eigenvalue weighted by Gasteiger charge is -2.09. The molecule has 3 aromatic rings. The highest BCUT2D eigenvalue weighted by Gasteiger charge is 2.16. The lowest BCUT2D eigenvalue weighted by Crippen LogP contribution is -2.07. The molecular weight excluding hydrogens is 384 g/mol. The number of aromatic nitrogens is 3. The average molecular weight is 402 g/mol. The third-order valence-electron chi connectivity index (χ3n) is 4.02. The van der Waals surface area contributed by atoms with Gasteiger partial charge in [0, 0.05) is 12.4 Å². The van der Waals surface area contributed by atoms with Crippen molar-refractivity contribution in [3.63, 3.8) is 0 Å². The highest BCUT2D eigenvalue weighted by atomic mass is 16.5. The van der Waals surface area contributed by atoms with Gasteiger partial charge in [-0.15, -0.1) is 0 Å². The second-order valence-corrected chi connectivity index (χ2v) is 6.04. The zero-order chi connectivity index (χ0) is 21.5. The minimum Gasteiger partial charge on any atom is -0.462 e. The second-order valence-electron chi connectivity index (χ2n) is 6.04. The SMILES string of the molecule is CCOC(=O)c1ccnc(-c2cc(C(=O)OCC)cc(-c3ccc(C#N)cn3)n2)c1. The fourth-order valence-electron chi connectivity index (χ4n) is 2.65. The van der Waals surface area contributed by atoms with Gasteiger partial charge >= 0.3 is 11.9 Å². The summed E-state index contributed by atoms with van der Waals surface area (Å²) in [4.78, 5) is 37.5. The van der Waals surface area contributed by atoms with E-state index in [4.69, 9.17) is 14.7 Å². The first-order valence-corrected chi connectivity index (χ1v) is 9.25. The molecule has 8 heteroatoms. The van der Waals surface area contributed by atoms with E-state index in [1.807, 2.05) is 6.07 Å². The van der Waals surface area contributed by atoms with E-state index in [0.717, 1.165) is 0 Å². The molecule has 0 aliphatic heterocycles. The van der Waals surface area contributed by atoms with Crippen LogP contribution in [0, 0.1) is 11.3 Å². The summed E-state index contributed by atoms with van der Waals surface area (Å²) in [5, 5.41) is 8.96. The zero-order valence-electron chi connectivity index (χ0n) is 16.5. The van der Waals surface area contributed by atoms with Crippen LogP contribution in [0.25, 0.3) is 22.8 Å². The maximum Gasteiger partial charge on any atom is 0.338 e. The van der Waals surface area contributed by atoms with Crippen molar-refractivity contribution in [1.29, 1.82) is 5.26 Å². The van der Waals surface area contributed by atoms with Crippen molar-refractivity contribution in [3.8, 4) is 28.8 Å². The number of hydrogen-bond acceptors (Lipinski definition) is 8. The van der Waals surface area contributed by atoms with Crippen LogP contribution in [0.4, 0.5) is 0 Å². The number of ether oxygens (including phenoxy) is 2. The van der Waals surface area contributed by atoms with Gasteiger partial charge in [0.25, 0.3) is 0 Å². The van der Waals surface area contributed by atoms with E-state index in [1.54, 1.807) is 50.2 Å². The molecule has 30 heavy (non-hydrogen) atoms. The van der Waals surface area contributed by atoms with Crippen molar-refractivity contribution in [3.05, 3.63) is 65.5 Å². The van der Waals surface area contributed by atoms with Gasteiger partial charge in [-0.05, 0) is 50.2 Å². The number of hydrogen-bond donors (Lipinski definition) is 0. The smallest absolute Gasteiger partial charge is 0.338 e. The van der Waals surface area contributed by atoms with Gasteiger partial charge in [0.1, 0.15) is 6.07 Å². The standard InChI is InChI=1S/C22H18N4O4/c1-3-29-21(27)15-7-8-24-18(9-15)20-11-16(22(28)30-4-2)10-19(26-20)17-6-5-14(12-23)13-25-17/h5-11,13H,3-4H2,1-2H3. The molecule has 0 amide bonds. The van der Waals surface area contributed by atoms with Gasteiger partial charge in [0.2, 0.25) is 0 Å². The summed E-state index contributed by atoms with van der Waals surface area (Å²) in [6, 6.07) is 11.5. The van der Waals surface area contributed by atoms with Gasteiger partial charge in [0.05, 0.1) is 52.7 Å². The van der Waals surface area contributed by atoms with Crippen LogP contribution in [0.5, 0.6) is 0 Å². The van der Waals surface area contributed by atoms with E-state index >= 15 is 0 Å². The topological polar surface area (TPSA) is 115 Å². The molecule has 3 heterocycles. The van der Waals surface area contributed by atoms with Crippen molar-refractivity contribution in [2.24, 2.45) is 0 Å². The van der Waals surface area contributed by atoms with Crippen LogP contribution >= 0.6 is 0 Å². The molecule has 150 valence electrons. The fourth-order valence-corrected chi connectivity index (χ4v) is 2.65. The summed E-state index contributed by atoms with van der Waals surface area (Å²) < 4.78 is 10.1. The summed E-state index contributed by atoms with van der Waals surface area (Å²) >= 11 is 0. The average Bonchev–Trinajstić information content (AvgIpc) is 2.79. The molecule has 0 aromatic carbocycles. The van der Waals surface area contributed by atoms with Crippen LogP contribution in [0.15, 0.2) is 48.8 Å². The van der Waals surface area contributed by atoms with Crippen LogP contribution in [0.1, 0.15) is 40.1 Å². The Balaban J connectivity index is 2.10. The molecule has 0 aliphatic rings. The first kappa shape index (κ1) is 20.6. The molecule has 0 bridgehead atoms. The second kappa shape index (κ2) is 9.39. The number of esters is 2. The highest BCUT2D eigenvalue weighted by molar-refractivity contribution is 5.93. The lowest BCUT2D eigenvalue weighted by molar-refractivity contribution is 0.0516. The summed E-state index contributed by atoms with van der Waals surface area (Å²) in [6.07, 6.45) is 2.90. The Hall–Kier alpha value is -4.12. The lowest BCUT2D eigenvalue weighted by atomic mass is 10.1. The van der Waals surface area contributed by atoms with E-state index in [-0.39, 0.29) is 18.8 Å². The Morgan fingerprint density at radius 1 is 0.867 bits per heavy atom. The molecular formula is C22H18N4O4. The van der Waals surface area contributed by atoms with E-state index < -0.39 is 11.9 Å². The molecule has 0 saturated heterocycles. The molecule has 0 unspecified atom stereocenters. The Morgan fingerprint density at radius 2 is 1.50 bits per heavy atom. The Labute approximate surface area is 173 Å². The van der Waals surface area contributed by atoms with E-state index in [9.17, 15) is 9.59 Å². The molecule has 3 aromatic heterocycles. The molecule has 0 N–H and O–H groups in total. The number of nitriles is 1. The van der Waals surface area contributed by atoms with Crippen molar-refractivity contribution >= 4 is 11.9 Å². The first-order valence-electron chi connectivity index (χ1n) is 9.25. The number of carbonyl (C=O) groups excluding carboxylic acids is 2. The van der Waals surface area contributed by atoms with Crippen LogP contribution < -0.4 is 0 Å².